The molecule has 2 aliphatic rings. The zero-order valence-electron chi connectivity index (χ0n) is 24.9. The summed E-state index contributed by atoms with van der Waals surface area (Å²) in [7, 11) is 0. The molecule has 4 aromatic carbocycles. The van der Waals surface area contributed by atoms with Crippen LogP contribution in [0.25, 0.3) is 22.3 Å². The van der Waals surface area contributed by atoms with Gasteiger partial charge in [0.2, 0.25) is 11.6 Å². The lowest BCUT2D eigenvalue weighted by Gasteiger charge is -2.48. The second-order valence-corrected chi connectivity index (χ2v) is 13.8. The highest BCUT2D eigenvalue weighted by atomic mass is 16.2. The van der Waals surface area contributed by atoms with Crippen molar-refractivity contribution in [2.75, 3.05) is 0 Å². The highest BCUT2D eigenvalue weighted by Gasteiger charge is 2.47. The van der Waals surface area contributed by atoms with E-state index in [-0.39, 0.29) is 21.7 Å². The Morgan fingerprint density at radius 3 is 1.07 bits per heavy atom. The van der Waals surface area contributed by atoms with E-state index in [9.17, 15) is 9.59 Å². The van der Waals surface area contributed by atoms with Crippen LogP contribution >= 0.6 is 0 Å². The van der Waals surface area contributed by atoms with Crippen LogP contribution < -0.4 is 0 Å². The zero-order chi connectivity index (χ0) is 28.8. The molecular formula is C38H38O2. The Labute approximate surface area is 238 Å². The third-order valence-electron chi connectivity index (χ3n) is 11.0. The standard InChI is InChI=1S/C38H38O2/c1-35(2)29-15-11-9-13-25(29)27-19-17-23(21-31(27)37(35,5)6)33(39)34(40)24-18-20-28-26-14-10-12-16-30(26)36(3,4)38(7,8)32(28)22-24/h9-22H,1-8H3. The van der Waals surface area contributed by atoms with Crippen molar-refractivity contribution in [3.63, 3.8) is 0 Å². The van der Waals surface area contributed by atoms with Crippen LogP contribution in [-0.2, 0) is 21.7 Å². The maximum atomic E-state index is 13.8. The van der Waals surface area contributed by atoms with Crippen molar-refractivity contribution in [2.24, 2.45) is 0 Å². The third-order valence-corrected chi connectivity index (χ3v) is 11.0. The topological polar surface area (TPSA) is 34.1 Å². The van der Waals surface area contributed by atoms with Crippen molar-refractivity contribution in [3.8, 4) is 22.3 Å². The minimum atomic E-state index is -0.455. The van der Waals surface area contributed by atoms with Crippen LogP contribution in [0.5, 0.6) is 0 Å². The first kappa shape index (κ1) is 26.4. The van der Waals surface area contributed by atoms with Gasteiger partial charge in [0.1, 0.15) is 0 Å². The number of fused-ring (bicyclic) bond motifs is 6. The second kappa shape index (κ2) is 8.36. The van der Waals surface area contributed by atoms with E-state index in [0.717, 1.165) is 22.3 Å². The molecule has 2 nitrogen and oxygen atoms in total. The molecule has 0 aromatic heterocycles. The largest absolute Gasteiger partial charge is 0.285 e. The number of rotatable bonds is 3. The lowest BCUT2D eigenvalue weighted by atomic mass is 9.55. The predicted molar refractivity (Wildman–Crippen MR) is 165 cm³/mol. The summed E-state index contributed by atoms with van der Waals surface area (Å²) in [5, 5.41) is 0. The van der Waals surface area contributed by atoms with Gasteiger partial charge < -0.3 is 0 Å². The van der Waals surface area contributed by atoms with Crippen LogP contribution in [-0.4, -0.2) is 11.6 Å². The lowest BCUT2D eigenvalue weighted by molar-refractivity contribution is 0.0816. The number of hydrogen-bond acceptors (Lipinski definition) is 2. The number of ketones is 2. The van der Waals surface area contributed by atoms with Gasteiger partial charge in [-0.25, -0.2) is 0 Å². The average molecular weight is 527 g/mol. The monoisotopic (exact) mass is 526 g/mol. The molecule has 0 N–H and O–H groups in total. The first-order valence-corrected chi connectivity index (χ1v) is 14.3. The molecule has 0 spiro atoms. The van der Waals surface area contributed by atoms with E-state index in [1.54, 1.807) is 0 Å². The minimum absolute atomic E-state index is 0.143. The Bertz CT molecular complexity index is 1600. The van der Waals surface area contributed by atoms with Crippen molar-refractivity contribution in [2.45, 2.75) is 77.0 Å². The molecule has 0 bridgehead atoms. The molecule has 2 heteroatoms. The summed E-state index contributed by atoms with van der Waals surface area (Å²) < 4.78 is 0. The second-order valence-electron chi connectivity index (χ2n) is 13.8. The van der Waals surface area contributed by atoms with Gasteiger partial charge in [0, 0.05) is 11.1 Å². The molecule has 0 radical (unpaired) electrons. The van der Waals surface area contributed by atoms with E-state index in [0.29, 0.717) is 11.1 Å². The summed E-state index contributed by atoms with van der Waals surface area (Å²) in [6, 6.07) is 28.7. The Morgan fingerprint density at radius 1 is 0.400 bits per heavy atom. The number of carbonyl (C=O) groups is 2. The zero-order valence-corrected chi connectivity index (χ0v) is 24.9. The molecule has 2 aliphatic carbocycles. The van der Waals surface area contributed by atoms with E-state index in [4.69, 9.17) is 0 Å². The van der Waals surface area contributed by atoms with Crippen LogP contribution in [0.3, 0.4) is 0 Å². The SMILES string of the molecule is CC1(C)c2ccccc2-c2ccc(C(=O)C(=O)c3ccc4c(c3)C(C)(C)C(C)(C)c3ccccc3-4)cc2C1(C)C. The molecular weight excluding hydrogens is 488 g/mol. The molecule has 0 amide bonds. The smallest absolute Gasteiger partial charge is 0.233 e. The molecule has 0 saturated carbocycles. The van der Waals surface area contributed by atoms with Crippen molar-refractivity contribution >= 4 is 11.6 Å². The fourth-order valence-electron chi connectivity index (χ4n) is 7.01. The molecule has 0 unspecified atom stereocenters. The number of carbonyl (C=O) groups excluding carboxylic acids is 2. The fourth-order valence-corrected chi connectivity index (χ4v) is 7.01. The van der Waals surface area contributed by atoms with Crippen molar-refractivity contribution in [1.29, 1.82) is 0 Å². The normalized spacial score (nSPS) is 18.5. The van der Waals surface area contributed by atoms with Gasteiger partial charge >= 0.3 is 0 Å². The maximum absolute atomic E-state index is 13.8. The van der Waals surface area contributed by atoms with Crippen LogP contribution in [0.2, 0.25) is 0 Å². The summed E-state index contributed by atoms with van der Waals surface area (Å²) in [4.78, 5) is 27.5. The predicted octanol–water partition coefficient (Wildman–Crippen LogP) is 9.22. The van der Waals surface area contributed by atoms with E-state index in [1.807, 2.05) is 36.4 Å². The van der Waals surface area contributed by atoms with Crippen molar-refractivity contribution < 1.29 is 9.59 Å². The Morgan fingerprint density at radius 2 is 0.700 bits per heavy atom. The van der Waals surface area contributed by atoms with Crippen molar-refractivity contribution in [1.82, 2.24) is 0 Å². The van der Waals surface area contributed by atoms with Gasteiger partial charge in [-0.2, -0.15) is 0 Å². The lowest BCUT2D eigenvalue weighted by Crippen LogP contribution is -2.43. The third kappa shape index (κ3) is 3.35. The molecule has 0 atom stereocenters. The van der Waals surface area contributed by atoms with Gasteiger partial charge in [-0.3, -0.25) is 9.59 Å². The van der Waals surface area contributed by atoms with Gasteiger partial charge in [0.25, 0.3) is 0 Å². The summed E-state index contributed by atoms with van der Waals surface area (Å²) in [6.07, 6.45) is 0. The van der Waals surface area contributed by atoms with E-state index >= 15 is 0 Å². The number of Topliss-reactive ketones (excluding diaryl/α,β-unsaturated/α-hetero) is 2. The molecule has 40 heavy (non-hydrogen) atoms. The van der Waals surface area contributed by atoms with Crippen LogP contribution in [0.15, 0.2) is 84.9 Å². The molecule has 0 heterocycles. The molecule has 0 saturated heterocycles. The van der Waals surface area contributed by atoms with E-state index in [1.165, 1.54) is 22.3 Å². The fraction of sp³-hybridized carbons (Fsp3) is 0.316. The Hall–Kier alpha value is -3.78. The minimum Gasteiger partial charge on any atom is -0.285 e. The van der Waals surface area contributed by atoms with Crippen molar-refractivity contribution in [3.05, 3.63) is 118 Å². The number of hydrogen-bond donors (Lipinski definition) is 0. The van der Waals surface area contributed by atoms with E-state index in [2.05, 4.69) is 104 Å². The van der Waals surface area contributed by atoms with Crippen LogP contribution in [0.1, 0.15) is 98.4 Å². The first-order chi connectivity index (χ1) is 18.7. The maximum Gasteiger partial charge on any atom is 0.233 e. The summed E-state index contributed by atoms with van der Waals surface area (Å²) >= 11 is 0. The van der Waals surface area contributed by atoms with Crippen LogP contribution in [0.4, 0.5) is 0 Å². The molecule has 0 fully saturated rings. The highest BCUT2D eigenvalue weighted by Crippen LogP contribution is 2.55. The number of benzene rings is 4. The molecule has 4 aromatic rings. The molecule has 0 aliphatic heterocycles. The van der Waals surface area contributed by atoms with Gasteiger partial charge in [-0.1, -0.05) is 128 Å². The molecule has 6 rings (SSSR count). The van der Waals surface area contributed by atoms with Gasteiger partial charge in [0.05, 0.1) is 0 Å². The molecule has 202 valence electrons. The van der Waals surface area contributed by atoms with Gasteiger partial charge in [-0.05, 0) is 78.3 Å². The van der Waals surface area contributed by atoms with Gasteiger partial charge in [-0.15, -0.1) is 0 Å². The highest BCUT2D eigenvalue weighted by molar-refractivity contribution is 6.49. The first-order valence-electron chi connectivity index (χ1n) is 14.3. The van der Waals surface area contributed by atoms with E-state index < -0.39 is 11.6 Å². The average Bonchev–Trinajstić information content (AvgIpc) is 2.94. The summed E-state index contributed by atoms with van der Waals surface area (Å²) in [5.41, 5.74) is 9.68. The Balaban J connectivity index is 1.43. The Kier molecular flexibility index (Phi) is 5.53. The summed E-state index contributed by atoms with van der Waals surface area (Å²) in [6.45, 7) is 18.0. The van der Waals surface area contributed by atoms with Gasteiger partial charge in [0.15, 0.2) is 0 Å². The quantitative estimate of drug-likeness (QED) is 0.197. The summed E-state index contributed by atoms with van der Waals surface area (Å²) in [5.74, 6) is -0.910. The van der Waals surface area contributed by atoms with Crippen LogP contribution in [0, 0.1) is 0 Å².